The van der Waals surface area contributed by atoms with Gasteiger partial charge in [-0.3, -0.25) is 4.31 Å². The second-order valence-electron chi connectivity index (χ2n) is 7.65. The van der Waals surface area contributed by atoms with E-state index < -0.39 is 15.9 Å². The van der Waals surface area contributed by atoms with E-state index >= 15 is 0 Å². The lowest BCUT2D eigenvalue weighted by atomic mass is 9.88. The molecule has 3 aromatic carbocycles. The van der Waals surface area contributed by atoms with Crippen LogP contribution in [0.25, 0.3) is 5.76 Å². The van der Waals surface area contributed by atoms with Gasteiger partial charge in [0.05, 0.1) is 18.2 Å². The molecule has 6 nitrogen and oxygen atoms in total. The normalized spacial score (nSPS) is 18.8. The lowest BCUT2D eigenvalue weighted by molar-refractivity contribution is 0.357. The topological polar surface area (TPSA) is 96.4 Å². The molecule has 0 radical (unpaired) electrons. The number of halogens is 1. The van der Waals surface area contributed by atoms with E-state index in [9.17, 15) is 13.7 Å². The Bertz CT molecular complexity index is 1470. The van der Waals surface area contributed by atoms with Gasteiger partial charge in [0.1, 0.15) is 16.5 Å². The van der Waals surface area contributed by atoms with E-state index in [-0.39, 0.29) is 28.7 Å². The Morgan fingerprint density at radius 1 is 1.00 bits per heavy atom. The quantitative estimate of drug-likeness (QED) is 0.583. The molecule has 3 aromatic rings. The van der Waals surface area contributed by atoms with Crippen molar-refractivity contribution in [3.05, 3.63) is 117 Å². The highest BCUT2D eigenvalue weighted by Gasteiger charge is 2.47. The van der Waals surface area contributed by atoms with Gasteiger partial charge < -0.3 is 10.5 Å². The van der Waals surface area contributed by atoms with Gasteiger partial charge >= 0.3 is 0 Å². The van der Waals surface area contributed by atoms with Crippen molar-refractivity contribution in [1.82, 2.24) is 0 Å². The summed E-state index contributed by atoms with van der Waals surface area (Å²) in [4.78, 5) is -0.0454. The Hall–Kier alpha value is -3.73. The van der Waals surface area contributed by atoms with E-state index in [1.807, 2.05) is 36.4 Å². The third kappa shape index (κ3) is 3.35. The fraction of sp³-hybridized carbons (Fsp3) is 0.0800. The molecule has 8 heteroatoms. The number of benzene rings is 3. The predicted molar refractivity (Wildman–Crippen MR) is 127 cm³/mol. The first-order valence-electron chi connectivity index (χ1n) is 10.2. The lowest BCUT2D eigenvalue weighted by Crippen LogP contribution is -2.39. The third-order valence-corrected chi connectivity index (χ3v) is 7.97. The van der Waals surface area contributed by atoms with Crippen LogP contribution in [-0.4, -0.2) is 8.42 Å². The highest BCUT2D eigenvalue weighted by Crippen LogP contribution is 2.52. The molecule has 2 N–H and O–H groups in total. The van der Waals surface area contributed by atoms with Crippen molar-refractivity contribution in [2.24, 2.45) is 5.73 Å². The van der Waals surface area contributed by atoms with Gasteiger partial charge in [-0.25, -0.2) is 8.42 Å². The second kappa shape index (κ2) is 8.00. The van der Waals surface area contributed by atoms with E-state index in [0.29, 0.717) is 21.8 Å². The van der Waals surface area contributed by atoms with E-state index in [1.165, 1.54) is 4.31 Å². The second-order valence-corrected chi connectivity index (χ2v) is 9.89. The number of nitriles is 1. The van der Waals surface area contributed by atoms with Crippen molar-refractivity contribution in [2.45, 2.75) is 12.5 Å². The molecular formula is C25H18ClN3O3S. The van der Waals surface area contributed by atoms with E-state index in [1.54, 1.807) is 48.5 Å². The lowest BCUT2D eigenvalue weighted by Gasteiger charge is -2.38. The number of anilines is 1. The van der Waals surface area contributed by atoms with E-state index in [4.69, 9.17) is 22.1 Å². The average molecular weight is 476 g/mol. The number of allylic oxidation sites excluding steroid dienone is 2. The smallest absolute Gasteiger partial charge is 0.265 e. The molecule has 0 aliphatic carbocycles. The summed E-state index contributed by atoms with van der Waals surface area (Å²) >= 11 is 6.47. The number of sulfonamides is 1. The van der Waals surface area contributed by atoms with Crippen LogP contribution in [0.2, 0.25) is 5.02 Å². The van der Waals surface area contributed by atoms with Crippen LogP contribution >= 0.6 is 11.6 Å². The minimum absolute atomic E-state index is 0.00414. The number of nitrogens with two attached hydrogens (primary N) is 1. The molecule has 0 aromatic heterocycles. The van der Waals surface area contributed by atoms with Crippen LogP contribution in [0.3, 0.4) is 0 Å². The van der Waals surface area contributed by atoms with Gasteiger partial charge in [0.15, 0.2) is 5.76 Å². The Morgan fingerprint density at radius 2 is 1.67 bits per heavy atom. The van der Waals surface area contributed by atoms with Crippen molar-refractivity contribution >= 4 is 33.1 Å². The molecule has 0 fully saturated rings. The first-order valence-corrected chi connectivity index (χ1v) is 12.0. The standard InChI is InChI=1S/C25H18ClN3O3S/c26-20-12-6-4-10-17(20)22-19(14-27)25(28)32-23-18-11-5-7-13-21(18)29(33(30,31)24(22)23)15-16-8-2-1-3-9-16/h1-13,22H,15,28H2. The van der Waals surface area contributed by atoms with Crippen molar-refractivity contribution in [3.8, 4) is 6.07 Å². The van der Waals surface area contributed by atoms with Crippen molar-refractivity contribution in [2.75, 3.05) is 4.31 Å². The summed E-state index contributed by atoms with van der Waals surface area (Å²) in [6, 6.07) is 25.3. The molecule has 0 bridgehead atoms. The molecule has 1 atom stereocenters. The predicted octanol–water partition coefficient (Wildman–Crippen LogP) is 4.87. The van der Waals surface area contributed by atoms with Crippen molar-refractivity contribution in [3.63, 3.8) is 0 Å². The van der Waals surface area contributed by atoms with Crippen LogP contribution in [-0.2, 0) is 21.3 Å². The number of fused-ring (bicyclic) bond motifs is 2. The maximum Gasteiger partial charge on any atom is 0.265 e. The monoisotopic (exact) mass is 475 g/mol. The van der Waals surface area contributed by atoms with Gasteiger partial charge in [-0.15, -0.1) is 0 Å². The van der Waals surface area contributed by atoms with Gasteiger partial charge in [-0.1, -0.05) is 72.3 Å². The summed E-state index contributed by atoms with van der Waals surface area (Å²) in [6.07, 6.45) is 0. The molecule has 1 unspecified atom stereocenters. The minimum atomic E-state index is -4.13. The fourth-order valence-electron chi connectivity index (χ4n) is 4.25. The van der Waals surface area contributed by atoms with E-state index in [2.05, 4.69) is 0 Å². The molecule has 2 aliphatic heterocycles. The highest BCUT2D eigenvalue weighted by molar-refractivity contribution is 7.96. The third-order valence-electron chi connectivity index (χ3n) is 5.74. The minimum Gasteiger partial charge on any atom is -0.439 e. The average Bonchev–Trinajstić information content (AvgIpc) is 2.82. The number of para-hydroxylation sites is 1. The molecule has 0 saturated carbocycles. The number of hydrogen-bond donors (Lipinski definition) is 1. The van der Waals surface area contributed by atoms with Gasteiger partial charge in [0.2, 0.25) is 5.88 Å². The number of ether oxygens (including phenoxy) is 1. The Balaban J connectivity index is 1.79. The number of hydrogen-bond acceptors (Lipinski definition) is 5. The van der Waals surface area contributed by atoms with E-state index in [0.717, 1.165) is 5.56 Å². The molecule has 2 aliphatic rings. The van der Waals surface area contributed by atoms with Crippen molar-refractivity contribution in [1.29, 1.82) is 5.26 Å². The maximum atomic E-state index is 14.1. The SMILES string of the molecule is N#CC1=C(N)OC2=C(C1c1ccccc1Cl)S(=O)(=O)N(Cc1ccccc1)c1ccccc12. The molecular weight excluding hydrogens is 458 g/mol. The Kier molecular flexibility index (Phi) is 5.12. The summed E-state index contributed by atoms with van der Waals surface area (Å²) in [5.41, 5.74) is 8.48. The number of nitrogens with zero attached hydrogens (tertiary/aromatic N) is 2. The van der Waals surface area contributed by atoms with Crippen LogP contribution in [0, 0.1) is 11.3 Å². The fourth-order valence-corrected chi connectivity index (χ4v) is 6.40. The van der Waals surface area contributed by atoms with Crippen LogP contribution in [0.4, 0.5) is 5.69 Å². The van der Waals surface area contributed by atoms with Crippen molar-refractivity contribution < 1.29 is 13.2 Å². The van der Waals surface area contributed by atoms with Crippen LogP contribution in [0.15, 0.2) is 95.2 Å². The molecule has 2 heterocycles. The van der Waals surface area contributed by atoms with Crippen LogP contribution < -0.4 is 10.0 Å². The molecule has 33 heavy (non-hydrogen) atoms. The summed E-state index contributed by atoms with van der Waals surface area (Å²) in [6.45, 7) is 0.118. The Morgan fingerprint density at radius 3 is 2.39 bits per heavy atom. The van der Waals surface area contributed by atoms with Gasteiger partial charge in [0.25, 0.3) is 10.0 Å². The first kappa shape index (κ1) is 21.1. The summed E-state index contributed by atoms with van der Waals surface area (Å²) < 4.78 is 35.5. The largest absolute Gasteiger partial charge is 0.439 e. The molecule has 164 valence electrons. The van der Waals surface area contributed by atoms with Gasteiger partial charge in [0, 0.05) is 10.6 Å². The molecule has 0 spiro atoms. The van der Waals surface area contributed by atoms with Crippen LogP contribution in [0.5, 0.6) is 0 Å². The summed E-state index contributed by atoms with van der Waals surface area (Å²) in [5, 5.41) is 10.2. The molecule has 5 rings (SSSR count). The Labute approximate surface area is 196 Å². The highest BCUT2D eigenvalue weighted by atomic mass is 35.5. The summed E-state index contributed by atoms with van der Waals surface area (Å²) in [7, 11) is -4.13. The van der Waals surface area contributed by atoms with Crippen LogP contribution in [0.1, 0.15) is 22.6 Å². The summed E-state index contributed by atoms with van der Waals surface area (Å²) in [5.74, 6) is -1.01. The first-order chi connectivity index (χ1) is 15.9. The van der Waals surface area contributed by atoms with Gasteiger partial charge in [-0.05, 0) is 29.3 Å². The maximum absolute atomic E-state index is 14.1. The molecule has 0 saturated heterocycles. The van der Waals surface area contributed by atoms with Gasteiger partial charge in [-0.2, -0.15) is 5.26 Å². The zero-order valence-electron chi connectivity index (χ0n) is 17.3. The number of rotatable bonds is 3. The molecule has 0 amide bonds. The zero-order valence-corrected chi connectivity index (χ0v) is 18.8. The zero-order chi connectivity index (χ0) is 23.2.